The molecule has 1 aliphatic rings. The highest BCUT2D eigenvalue weighted by atomic mass is 35.5. The minimum Gasteiger partial charge on any atom is -0.379 e. The summed E-state index contributed by atoms with van der Waals surface area (Å²) in [5, 5.41) is 3.44. The van der Waals surface area contributed by atoms with Gasteiger partial charge < -0.3 is 15.0 Å². The molecule has 0 amide bonds. The summed E-state index contributed by atoms with van der Waals surface area (Å²) in [5.41, 5.74) is 0. The van der Waals surface area contributed by atoms with Crippen molar-refractivity contribution >= 4 is 23.5 Å². The molecule has 1 aromatic rings. The molecule has 0 bridgehead atoms. The molecule has 0 unspecified atom stereocenters. The van der Waals surface area contributed by atoms with Gasteiger partial charge in [-0.2, -0.15) is 15.0 Å². The highest BCUT2D eigenvalue weighted by Crippen LogP contribution is 2.13. The van der Waals surface area contributed by atoms with E-state index in [0.29, 0.717) is 11.9 Å². The normalized spacial score (nSPS) is 16.0. The second-order valence-electron chi connectivity index (χ2n) is 4.78. The Morgan fingerprint density at radius 2 is 1.90 bits per heavy atom. The molecule has 7 nitrogen and oxygen atoms in total. The van der Waals surface area contributed by atoms with E-state index in [1.54, 1.807) is 0 Å². The average Bonchev–Trinajstić information content (AvgIpc) is 2.49. The number of morpholine rings is 1. The van der Waals surface area contributed by atoms with Crippen LogP contribution in [-0.2, 0) is 4.74 Å². The molecule has 0 aliphatic carbocycles. The number of hydrogen-bond donors (Lipinski definition) is 1. The fraction of sp³-hybridized carbons (Fsp3) is 0.769. The van der Waals surface area contributed by atoms with E-state index in [-0.39, 0.29) is 5.28 Å². The number of anilines is 2. The van der Waals surface area contributed by atoms with E-state index >= 15 is 0 Å². The second-order valence-corrected chi connectivity index (χ2v) is 5.12. The lowest BCUT2D eigenvalue weighted by atomic mass is 10.4. The number of ether oxygens (including phenoxy) is 1. The zero-order valence-corrected chi connectivity index (χ0v) is 13.4. The minimum atomic E-state index is 0.223. The van der Waals surface area contributed by atoms with Crippen molar-refractivity contribution in [3.63, 3.8) is 0 Å². The Morgan fingerprint density at radius 1 is 1.19 bits per heavy atom. The van der Waals surface area contributed by atoms with Gasteiger partial charge >= 0.3 is 0 Å². The molecule has 1 aromatic heterocycles. The van der Waals surface area contributed by atoms with Crippen LogP contribution in [0.5, 0.6) is 0 Å². The third-order valence-electron chi connectivity index (χ3n) is 3.46. The van der Waals surface area contributed by atoms with Crippen molar-refractivity contribution in [2.45, 2.75) is 13.8 Å². The molecule has 0 radical (unpaired) electrons. The Labute approximate surface area is 130 Å². The molecule has 0 spiro atoms. The summed E-state index contributed by atoms with van der Waals surface area (Å²) in [4.78, 5) is 17.1. The van der Waals surface area contributed by atoms with Crippen molar-refractivity contribution in [1.82, 2.24) is 19.9 Å². The maximum Gasteiger partial charge on any atom is 0.231 e. The molecule has 0 saturated carbocycles. The van der Waals surface area contributed by atoms with Gasteiger partial charge in [0.2, 0.25) is 17.2 Å². The predicted octanol–water partition coefficient (Wildman–Crippen LogP) is 1.12. The van der Waals surface area contributed by atoms with Gasteiger partial charge in [-0.1, -0.05) is 0 Å². The van der Waals surface area contributed by atoms with E-state index in [0.717, 1.165) is 52.5 Å². The van der Waals surface area contributed by atoms with Crippen molar-refractivity contribution in [2.75, 3.05) is 62.7 Å². The van der Waals surface area contributed by atoms with E-state index in [2.05, 4.69) is 39.0 Å². The SMILES string of the molecule is CCN(CC)c1nc(Cl)nc(NCCN2CCOCC2)n1. The Hall–Kier alpha value is -1.18. The number of hydrogen-bond acceptors (Lipinski definition) is 7. The monoisotopic (exact) mass is 314 g/mol. The molecular formula is C13H23ClN6O. The molecule has 2 rings (SSSR count). The maximum absolute atomic E-state index is 5.98. The van der Waals surface area contributed by atoms with Crippen LogP contribution in [0.1, 0.15) is 13.8 Å². The molecular weight excluding hydrogens is 292 g/mol. The van der Waals surface area contributed by atoms with E-state index in [1.807, 2.05) is 4.90 Å². The van der Waals surface area contributed by atoms with Crippen LogP contribution in [-0.4, -0.2) is 72.3 Å². The van der Waals surface area contributed by atoms with Gasteiger partial charge in [-0.3, -0.25) is 4.90 Å². The van der Waals surface area contributed by atoms with Crippen LogP contribution in [0.3, 0.4) is 0 Å². The summed E-state index contributed by atoms with van der Waals surface area (Å²) in [7, 11) is 0. The molecule has 1 aliphatic heterocycles. The second kappa shape index (κ2) is 8.31. The van der Waals surface area contributed by atoms with Gasteiger partial charge in [0.05, 0.1) is 13.2 Å². The molecule has 2 heterocycles. The van der Waals surface area contributed by atoms with Gasteiger partial charge in [-0.25, -0.2) is 0 Å². The van der Waals surface area contributed by atoms with E-state index in [1.165, 1.54) is 0 Å². The maximum atomic E-state index is 5.98. The summed E-state index contributed by atoms with van der Waals surface area (Å²) >= 11 is 5.98. The zero-order valence-electron chi connectivity index (χ0n) is 12.7. The average molecular weight is 315 g/mol. The number of nitrogens with zero attached hydrogens (tertiary/aromatic N) is 5. The van der Waals surface area contributed by atoms with Gasteiger partial charge in [0, 0.05) is 39.3 Å². The first kappa shape index (κ1) is 16.2. The number of rotatable bonds is 7. The van der Waals surface area contributed by atoms with E-state index in [4.69, 9.17) is 16.3 Å². The lowest BCUT2D eigenvalue weighted by molar-refractivity contribution is 0.0398. The quantitative estimate of drug-likeness (QED) is 0.808. The van der Waals surface area contributed by atoms with Gasteiger partial charge in [0.25, 0.3) is 0 Å². The summed E-state index contributed by atoms with van der Waals surface area (Å²) in [5.74, 6) is 1.15. The van der Waals surface area contributed by atoms with Gasteiger partial charge in [-0.15, -0.1) is 0 Å². The smallest absolute Gasteiger partial charge is 0.231 e. The first-order valence-electron chi connectivity index (χ1n) is 7.43. The van der Waals surface area contributed by atoms with Gasteiger partial charge in [0.1, 0.15) is 0 Å². The summed E-state index contributed by atoms with van der Waals surface area (Å²) in [6.07, 6.45) is 0. The molecule has 1 saturated heterocycles. The molecule has 8 heteroatoms. The molecule has 118 valence electrons. The largest absolute Gasteiger partial charge is 0.379 e. The molecule has 21 heavy (non-hydrogen) atoms. The summed E-state index contributed by atoms with van der Waals surface area (Å²) in [6, 6.07) is 0. The Bertz CT molecular complexity index is 437. The first-order valence-corrected chi connectivity index (χ1v) is 7.81. The first-order chi connectivity index (χ1) is 10.2. The minimum absolute atomic E-state index is 0.223. The Balaban J connectivity index is 1.90. The summed E-state index contributed by atoms with van der Waals surface area (Å²) < 4.78 is 5.33. The van der Waals surface area contributed by atoms with E-state index < -0.39 is 0 Å². The topological polar surface area (TPSA) is 66.4 Å². The number of halogens is 1. The van der Waals surface area contributed by atoms with E-state index in [9.17, 15) is 0 Å². The van der Waals surface area contributed by atoms with Crippen molar-refractivity contribution in [3.05, 3.63) is 5.28 Å². The zero-order chi connectivity index (χ0) is 15.1. The third kappa shape index (κ3) is 4.94. The third-order valence-corrected chi connectivity index (χ3v) is 3.63. The van der Waals surface area contributed by atoms with Crippen LogP contribution >= 0.6 is 11.6 Å². The van der Waals surface area contributed by atoms with Crippen LogP contribution in [0.4, 0.5) is 11.9 Å². The van der Waals surface area contributed by atoms with Crippen molar-refractivity contribution in [2.24, 2.45) is 0 Å². The van der Waals surface area contributed by atoms with Crippen LogP contribution in [0, 0.1) is 0 Å². The van der Waals surface area contributed by atoms with Crippen LogP contribution in [0.15, 0.2) is 0 Å². The van der Waals surface area contributed by atoms with Crippen LogP contribution in [0.2, 0.25) is 5.28 Å². The molecule has 0 aromatic carbocycles. The molecule has 0 atom stereocenters. The van der Waals surface area contributed by atoms with Crippen molar-refractivity contribution in [3.8, 4) is 0 Å². The Kier molecular flexibility index (Phi) is 6.41. The lowest BCUT2D eigenvalue weighted by Crippen LogP contribution is -2.39. The standard InChI is InChI=1S/C13H23ClN6O/c1-3-20(4-2)13-17-11(14)16-12(18-13)15-5-6-19-7-9-21-10-8-19/h3-10H2,1-2H3,(H,15,16,17,18). The number of nitrogens with one attached hydrogen (secondary N) is 1. The van der Waals surface area contributed by atoms with Crippen LogP contribution < -0.4 is 10.2 Å². The fourth-order valence-corrected chi connectivity index (χ4v) is 2.37. The fourth-order valence-electron chi connectivity index (χ4n) is 2.22. The molecule has 1 fully saturated rings. The van der Waals surface area contributed by atoms with Crippen molar-refractivity contribution < 1.29 is 4.74 Å². The highest BCUT2D eigenvalue weighted by Gasteiger charge is 2.12. The van der Waals surface area contributed by atoms with Crippen molar-refractivity contribution in [1.29, 1.82) is 0 Å². The lowest BCUT2D eigenvalue weighted by Gasteiger charge is -2.26. The highest BCUT2D eigenvalue weighted by molar-refractivity contribution is 6.28. The molecule has 1 N–H and O–H groups in total. The van der Waals surface area contributed by atoms with Crippen LogP contribution in [0.25, 0.3) is 0 Å². The summed E-state index contributed by atoms with van der Waals surface area (Å²) in [6.45, 7) is 11.1. The van der Waals surface area contributed by atoms with Gasteiger partial charge in [0.15, 0.2) is 0 Å². The predicted molar refractivity (Wildman–Crippen MR) is 84.1 cm³/mol. The number of aromatic nitrogens is 3. The van der Waals surface area contributed by atoms with Gasteiger partial charge in [-0.05, 0) is 25.4 Å². The Morgan fingerprint density at radius 3 is 2.57 bits per heavy atom.